The lowest BCUT2D eigenvalue weighted by Gasteiger charge is -2.26. The van der Waals surface area contributed by atoms with E-state index in [1.807, 2.05) is 12.1 Å². The first kappa shape index (κ1) is 20.2. The molecule has 144 valence electrons. The van der Waals surface area contributed by atoms with Crippen LogP contribution in [0.25, 0.3) is 0 Å². The lowest BCUT2D eigenvalue weighted by Crippen LogP contribution is -2.29. The molecule has 26 heavy (non-hydrogen) atoms. The quantitative estimate of drug-likeness (QED) is 0.512. The number of carbonyl (C=O) groups excluding carboxylic acids is 2. The fourth-order valence-corrected chi connectivity index (χ4v) is 2.98. The molecular weight excluding hydrogens is 332 g/mol. The molecule has 0 aliphatic carbocycles. The molecular formula is C20H30N2O4. The van der Waals surface area contributed by atoms with Gasteiger partial charge in [0.2, 0.25) is 5.91 Å². The Morgan fingerprint density at radius 3 is 2.73 bits per heavy atom. The molecule has 0 spiro atoms. The van der Waals surface area contributed by atoms with Crippen LogP contribution in [0.2, 0.25) is 0 Å². The van der Waals surface area contributed by atoms with Crippen LogP contribution in [-0.4, -0.2) is 49.6 Å². The van der Waals surface area contributed by atoms with E-state index in [0.29, 0.717) is 13.2 Å². The van der Waals surface area contributed by atoms with Gasteiger partial charge in [-0.3, -0.25) is 14.5 Å². The zero-order chi connectivity index (χ0) is 18.6. The van der Waals surface area contributed by atoms with Gasteiger partial charge in [0, 0.05) is 20.0 Å². The minimum atomic E-state index is -0.367. The van der Waals surface area contributed by atoms with Gasteiger partial charge >= 0.3 is 5.97 Å². The molecule has 1 aromatic carbocycles. The summed E-state index contributed by atoms with van der Waals surface area (Å²) in [6, 6.07) is 8.25. The molecule has 1 heterocycles. The lowest BCUT2D eigenvalue weighted by atomic mass is 10.1. The van der Waals surface area contributed by atoms with E-state index in [2.05, 4.69) is 22.3 Å². The molecule has 2 rings (SSSR count). The number of carbonyl (C=O) groups is 2. The molecule has 0 atom stereocenters. The molecule has 1 aliphatic heterocycles. The van der Waals surface area contributed by atoms with Crippen molar-refractivity contribution in [2.75, 3.05) is 32.8 Å². The van der Waals surface area contributed by atoms with Gasteiger partial charge in [-0.25, -0.2) is 0 Å². The Bertz CT molecular complexity index is 571. The van der Waals surface area contributed by atoms with Crippen LogP contribution in [-0.2, 0) is 20.9 Å². The summed E-state index contributed by atoms with van der Waals surface area (Å²) in [4.78, 5) is 24.7. The zero-order valence-corrected chi connectivity index (χ0v) is 15.7. The van der Waals surface area contributed by atoms with E-state index >= 15 is 0 Å². The molecule has 1 aromatic rings. The number of ether oxygens (including phenoxy) is 2. The minimum absolute atomic E-state index is 0.116. The smallest absolute Gasteiger partial charge is 0.302 e. The van der Waals surface area contributed by atoms with Gasteiger partial charge in [-0.05, 0) is 50.0 Å². The van der Waals surface area contributed by atoms with E-state index in [0.717, 1.165) is 18.7 Å². The third kappa shape index (κ3) is 8.34. The first-order valence-electron chi connectivity index (χ1n) is 9.47. The number of hydrogen-bond acceptors (Lipinski definition) is 5. The van der Waals surface area contributed by atoms with Crippen molar-refractivity contribution in [3.63, 3.8) is 0 Å². The van der Waals surface area contributed by atoms with Gasteiger partial charge in [0.25, 0.3) is 0 Å². The summed E-state index contributed by atoms with van der Waals surface area (Å²) in [7, 11) is 0. The van der Waals surface area contributed by atoms with Crippen LogP contribution in [0, 0.1) is 0 Å². The van der Waals surface area contributed by atoms with Crippen LogP contribution in [0.1, 0.15) is 44.6 Å². The molecule has 0 bridgehead atoms. The summed E-state index contributed by atoms with van der Waals surface area (Å²) in [6.45, 7) is 5.90. The second kappa shape index (κ2) is 11.5. The van der Waals surface area contributed by atoms with Crippen LogP contribution < -0.4 is 10.1 Å². The molecule has 0 aromatic heterocycles. The molecule has 0 radical (unpaired) electrons. The van der Waals surface area contributed by atoms with Crippen molar-refractivity contribution in [3.05, 3.63) is 29.8 Å². The molecule has 1 aliphatic rings. The Morgan fingerprint density at radius 2 is 1.96 bits per heavy atom. The van der Waals surface area contributed by atoms with E-state index in [9.17, 15) is 9.59 Å². The van der Waals surface area contributed by atoms with Gasteiger partial charge < -0.3 is 14.8 Å². The summed E-state index contributed by atoms with van der Waals surface area (Å²) < 4.78 is 10.5. The predicted molar refractivity (Wildman–Crippen MR) is 99.9 cm³/mol. The van der Waals surface area contributed by atoms with Crippen LogP contribution in [0.3, 0.4) is 0 Å². The maximum Gasteiger partial charge on any atom is 0.302 e. The third-order valence-electron chi connectivity index (χ3n) is 4.30. The number of piperidine rings is 1. The van der Waals surface area contributed by atoms with Gasteiger partial charge in [-0.15, -0.1) is 0 Å². The van der Waals surface area contributed by atoms with Crippen LogP contribution in [0.4, 0.5) is 0 Å². The number of rotatable bonds is 10. The maximum atomic E-state index is 11.5. The van der Waals surface area contributed by atoms with Crippen molar-refractivity contribution in [3.8, 4) is 5.75 Å². The van der Waals surface area contributed by atoms with E-state index in [1.54, 1.807) is 0 Å². The predicted octanol–water partition coefficient (Wildman–Crippen LogP) is 2.51. The van der Waals surface area contributed by atoms with Crippen molar-refractivity contribution in [2.45, 2.75) is 45.6 Å². The highest BCUT2D eigenvalue weighted by atomic mass is 16.5. The van der Waals surface area contributed by atoms with E-state index in [-0.39, 0.29) is 24.9 Å². The molecule has 1 saturated heterocycles. The molecule has 1 N–H and O–H groups in total. The van der Waals surface area contributed by atoms with Gasteiger partial charge in [0.05, 0.1) is 13.0 Å². The van der Waals surface area contributed by atoms with Gasteiger partial charge in [-0.2, -0.15) is 0 Å². The largest absolute Gasteiger partial charge is 0.494 e. The van der Waals surface area contributed by atoms with E-state index < -0.39 is 0 Å². The topological polar surface area (TPSA) is 67.9 Å². The molecule has 0 saturated carbocycles. The van der Waals surface area contributed by atoms with Crippen LogP contribution in [0.15, 0.2) is 24.3 Å². The standard InChI is InChI=1S/C20H30N2O4/c1-17(23)25-14-9-20(24)21-10-6-13-26-19-8-5-7-18(15-19)16-22-11-3-2-4-12-22/h5,7-8,15H,2-4,6,9-14,16H2,1H3,(H,21,24). The molecule has 1 fully saturated rings. The minimum Gasteiger partial charge on any atom is -0.494 e. The normalized spacial score (nSPS) is 14.7. The van der Waals surface area contributed by atoms with Crippen LogP contribution >= 0.6 is 0 Å². The summed E-state index contributed by atoms with van der Waals surface area (Å²) in [5, 5.41) is 2.79. The van der Waals surface area contributed by atoms with Gasteiger partial charge in [0.15, 0.2) is 0 Å². The van der Waals surface area contributed by atoms with Gasteiger partial charge in [0.1, 0.15) is 12.4 Å². The number of esters is 1. The number of nitrogens with zero attached hydrogens (tertiary/aromatic N) is 1. The fraction of sp³-hybridized carbons (Fsp3) is 0.600. The number of hydrogen-bond donors (Lipinski definition) is 1. The summed E-state index contributed by atoms with van der Waals surface area (Å²) in [6.07, 6.45) is 4.86. The SMILES string of the molecule is CC(=O)OCCC(=O)NCCCOc1cccc(CN2CCCCC2)c1. The lowest BCUT2D eigenvalue weighted by molar-refractivity contribution is -0.141. The first-order chi connectivity index (χ1) is 12.6. The van der Waals surface area contributed by atoms with Gasteiger partial charge in [-0.1, -0.05) is 18.6 Å². The van der Waals surface area contributed by atoms with Crippen molar-refractivity contribution in [1.29, 1.82) is 0 Å². The number of likely N-dealkylation sites (tertiary alicyclic amines) is 1. The summed E-state index contributed by atoms with van der Waals surface area (Å²) in [5.41, 5.74) is 1.28. The highest BCUT2D eigenvalue weighted by Crippen LogP contribution is 2.17. The Morgan fingerprint density at radius 1 is 1.15 bits per heavy atom. The van der Waals surface area contributed by atoms with Crippen molar-refractivity contribution in [1.82, 2.24) is 10.2 Å². The Balaban J connectivity index is 1.59. The third-order valence-corrected chi connectivity index (χ3v) is 4.30. The Hall–Kier alpha value is -2.08. The van der Waals surface area contributed by atoms with E-state index in [4.69, 9.17) is 9.47 Å². The molecule has 6 nitrogen and oxygen atoms in total. The monoisotopic (exact) mass is 362 g/mol. The number of amides is 1. The molecule has 0 unspecified atom stereocenters. The Labute approximate surface area is 155 Å². The summed E-state index contributed by atoms with van der Waals surface area (Å²) in [5.74, 6) is 0.393. The maximum absolute atomic E-state index is 11.5. The average molecular weight is 362 g/mol. The number of nitrogens with one attached hydrogen (secondary N) is 1. The van der Waals surface area contributed by atoms with Crippen molar-refractivity contribution < 1.29 is 19.1 Å². The average Bonchev–Trinajstić information content (AvgIpc) is 2.62. The first-order valence-corrected chi connectivity index (χ1v) is 9.47. The van der Waals surface area contributed by atoms with E-state index in [1.165, 1.54) is 44.8 Å². The highest BCUT2D eigenvalue weighted by molar-refractivity contribution is 5.76. The second-order valence-electron chi connectivity index (χ2n) is 6.63. The van der Waals surface area contributed by atoms with Crippen LogP contribution in [0.5, 0.6) is 5.75 Å². The number of benzene rings is 1. The second-order valence-corrected chi connectivity index (χ2v) is 6.63. The molecule has 1 amide bonds. The Kier molecular flexibility index (Phi) is 8.96. The molecule has 6 heteroatoms. The van der Waals surface area contributed by atoms with Crippen molar-refractivity contribution in [2.24, 2.45) is 0 Å². The summed E-state index contributed by atoms with van der Waals surface area (Å²) >= 11 is 0. The highest BCUT2D eigenvalue weighted by Gasteiger charge is 2.10. The zero-order valence-electron chi connectivity index (χ0n) is 15.7. The fourth-order valence-electron chi connectivity index (χ4n) is 2.98. The van der Waals surface area contributed by atoms with Crippen molar-refractivity contribution >= 4 is 11.9 Å².